The maximum Gasteiger partial charge on any atom is 0.329 e. The highest BCUT2D eigenvalue weighted by Crippen LogP contribution is 2.08. The molecule has 0 aliphatic rings. The van der Waals surface area contributed by atoms with Crippen molar-refractivity contribution in [2.45, 2.75) is 12.5 Å². The van der Waals surface area contributed by atoms with Gasteiger partial charge in [0.05, 0.1) is 0 Å². The van der Waals surface area contributed by atoms with E-state index in [1.54, 1.807) is 24.3 Å². The Morgan fingerprint density at radius 3 is 2.52 bits per heavy atom. The van der Waals surface area contributed by atoms with Crippen molar-refractivity contribution in [2.24, 2.45) is 5.73 Å². The average molecular weight is 340 g/mol. The molecule has 8 heteroatoms. The van der Waals surface area contributed by atoms with Crippen LogP contribution in [-0.2, 0) is 19.1 Å². The fourth-order valence-corrected chi connectivity index (χ4v) is 2.10. The predicted molar refractivity (Wildman–Crippen MR) is 87.0 cm³/mol. The lowest BCUT2D eigenvalue weighted by Crippen LogP contribution is -2.44. The second-order valence-electron chi connectivity index (χ2n) is 4.58. The van der Waals surface area contributed by atoms with Gasteiger partial charge in [-0.05, 0) is 30.6 Å². The number of nitrogens with one attached hydrogen (secondary N) is 1. The molecule has 7 nitrogen and oxygen atoms in total. The Morgan fingerprint density at radius 2 is 1.91 bits per heavy atom. The molecule has 0 aliphatic carbocycles. The van der Waals surface area contributed by atoms with Crippen LogP contribution in [0.25, 0.3) is 0 Å². The van der Waals surface area contributed by atoms with Crippen molar-refractivity contribution in [3.05, 3.63) is 30.3 Å². The van der Waals surface area contributed by atoms with E-state index in [9.17, 15) is 14.4 Å². The summed E-state index contributed by atoms with van der Waals surface area (Å²) in [5.41, 5.74) is 4.93. The van der Waals surface area contributed by atoms with Crippen molar-refractivity contribution in [3.8, 4) is 5.75 Å². The minimum Gasteiger partial charge on any atom is -0.484 e. The number of thioether (sulfide) groups is 1. The number of benzene rings is 1. The Bertz CT molecular complexity index is 524. The van der Waals surface area contributed by atoms with Crippen molar-refractivity contribution >= 4 is 29.5 Å². The van der Waals surface area contributed by atoms with Crippen LogP contribution in [0.4, 0.5) is 0 Å². The Balaban J connectivity index is 2.49. The highest BCUT2D eigenvalue weighted by atomic mass is 32.2. The van der Waals surface area contributed by atoms with Crippen LogP contribution in [-0.4, -0.2) is 49.0 Å². The fraction of sp³-hybridized carbons (Fsp3) is 0.400. The van der Waals surface area contributed by atoms with Crippen molar-refractivity contribution < 1.29 is 23.9 Å². The van der Waals surface area contributed by atoms with E-state index in [1.165, 1.54) is 11.8 Å². The van der Waals surface area contributed by atoms with Crippen molar-refractivity contribution in [1.82, 2.24) is 5.32 Å². The maximum atomic E-state index is 11.9. The summed E-state index contributed by atoms with van der Waals surface area (Å²) in [4.78, 5) is 34.4. The summed E-state index contributed by atoms with van der Waals surface area (Å²) in [5, 5.41) is 2.54. The fourth-order valence-electron chi connectivity index (χ4n) is 1.63. The van der Waals surface area contributed by atoms with E-state index in [1.807, 2.05) is 12.3 Å². The van der Waals surface area contributed by atoms with E-state index in [4.69, 9.17) is 15.2 Å². The number of amides is 2. The first kappa shape index (κ1) is 18.8. The molecule has 0 fully saturated rings. The zero-order valence-electron chi connectivity index (χ0n) is 12.8. The monoisotopic (exact) mass is 340 g/mol. The van der Waals surface area contributed by atoms with Crippen LogP contribution in [0.15, 0.2) is 30.3 Å². The molecule has 0 aliphatic heterocycles. The zero-order valence-corrected chi connectivity index (χ0v) is 13.6. The van der Waals surface area contributed by atoms with Crippen LogP contribution in [0.3, 0.4) is 0 Å². The molecule has 126 valence electrons. The molecule has 1 aromatic rings. The van der Waals surface area contributed by atoms with Gasteiger partial charge in [-0.3, -0.25) is 9.59 Å². The molecule has 1 rings (SSSR count). The van der Waals surface area contributed by atoms with E-state index < -0.39 is 30.4 Å². The lowest BCUT2D eigenvalue weighted by molar-refractivity contribution is -0.151. The van der Waals surface area contributed by atoms with Gasteiger partial charge in [-0.1, -0.05) is 18.2 Å². The number of para-hydroxylation sites is 1. The van der Waals surface area contributed by atoms with Gasteiger partial charge in [0.1, 0.15) is 11.8 Å². The summed E-state index contributed by atoms with van der Waals surface area (Å²) in [7, 11) is 0. The van der Waals surface area contributed by atoms with Gasteiger partial charge in [-0.2, -0.15) is 11.8 Å². The molecule has 0 saturated heterocycles. The summed E-state index contributed by atoms with van der Waals surface area (Å²) in [6.07, 6.45) is 2.27. The lowest BCUT2D eigenvalue weighted by atomic mass is 10.2. The van der Waals surface area contributed by atoms with Gasteiger partial charge in [0, 0.05) is 0 Å². The van der Waals surface area contributed by atoms with E-state index >= 15 is 0 Å². The topological polar surface area (TPSA) is 108 Å². The minimum atomic E-state index is -0.839. The number of nitrogens with two attached hydrogens (primary N) is 1. The molecule has 0 radical (unpaired) electrons. The third kappa shape index (κ3) is 8.10. The molecule has 2 amide bonds. The van der Waals surface area contributed by atoms with E-state index in [0.29, 0.717) is 17.9 Å². The van der Waals surface area contributed by atoms with E-state index in [0.717, 1.165) is 0 Å². The number of ether oxygens (including phenoxy) is 2. The third-order valence-electron chi connectivity index (χ3n) is 2.70. The molecule has 3 N–H and O–H groups in total. The number of carbonyl (C=O) groups excluding carboxylic acids is 3. The van der Waals surface area contributed by atoms with E-state index in [-0.39, 0.29) is 6.61 Å². The second kappa shape index (κ2) is 10.5. The highest BCUT2D eigenvalue weighted by Gasteiger charge is 2.22. The standard InChI is InChI=1S/C15H20N2O5S/c1-23-8-7-12(15(20)22-9-13(16)18)17-14(19)10-21-11-5-3-2-4-6-11/h2-6,12H,7-10H2,1H3,(H2,16,18)(H,17,19)/t12-/m1/s1. The van der Waals surface area contributed by atoms with Crippen LogP contribution in [0.2, 0.25) is 0 Å². The van der Waals surface area contributed by atoms with E-state index in [2.05, 4.69) is 5.32 Å². The summed E-state index contributed by atoms with van der Waals surface area (Å²) >= 11 is 1.53. The highest BCUT2D eigenvalue weighted by molar-refractivity contribution is 7.98. The predicted octanol–water partition coefficient (Wildman–Crippen LogP) is 0.332. The maximum absolute atomic E-state index is 11.9. The van der Waals surface area contributed by atoms with Crippen LogP contribution in [0, 0.1) is 0 Å². The van der Waals surface area contributed by atoms with Gasteiger partial charge in [0.2, 0.25) is 0 Å². The summed E-state index contributed by atoms with van der Waals surface area (Å²) in [6, 6.07) is 8.01. The molecule has 0 bridgehead atoms. The molecule has 23 heavy (non-hydrogen) atoms. The number of hydrogen-bond donors (Lipinski definition) is 2. The summed E-state index contributed by atoms with van der Waals surface area (Å²) < 4.78 is 10.1. The number of esters is 1. The Hall–Kier alpha value is -2.22. The smallest absolute Gasteiger partial charge is 0.329 e. The zero-order chi connectivity index (χ0) is 17.1. The molecule has 1 aromatic carbocycles. The summed E-state index contributed by atoms with van der Waals surface area (Å²) in [6.45, 7) is -0.728. The lowest BCUT2D eigenvalue weighted by Gasteiger charge is -2.17. The quantitative estimate of drug-likeness (QED) is 0.594. The van der Waals surface area contributed by atoms with Crippen LogP contribution >= 0.6 is 11.8 Å². The molecule has 0 saturated carbocycles. The first-order valence-electron chi connectivity index (χ1n) is 6.94. The number of primary amides is 1. The Morgan fingerprint density at radius 1 is 1.22 bits per heavy atom. The van der Waals surface area contributed by atoms with Crippen LogP contribution in [0.5, 0.6) is 5.75 Å². The molecule has 0 heterocycles. The molecular formula is C15H20N2O5S. The van der Waals surface area contributed by atoms with Gasteiger partial charge in [0.15, 0.2) is 13.2 Å². The Labute approximate surface area is 138 Å². The minimum absolute atomic E-state index is 0.219. The number of carbonyl (C=O) groups is 3. The van der Waals surface area contributed by atoms with Crippen LogP contribution in [0.1, 0.15) is 6.42 Å². The molecule has 0 aromatic heterocycles. The first-order chi connectivity index (χ1) is 11.0. The van der Waals surface area contributed by atoms with Gasteiger partial charge in [0.25, 0.3) is 11.8 Å². The van der Waals surface area contributed by atoms with Crippen molar-refractivity contribution in [1.29, 1.82) is 0 Å². The number of hydrogen-bond acceptors (Lipinski definition) is 6. The molecule has 0 unspecified atom stereocenters. The molecular weight excluding hydrogens is 320 g/mol. The van der Waals surface area contributed by atoms with Crippen molar-refractivity contribution in [2.75, 3.05) is 25.2 Å². The Kier molecular flexibility index (Phi) is 8.59. The molecule has 1 atom stereocenters. The van der Waals surface area contributed by atoms with Gasteiger partial charge in [-0.25, -0.2) is 4.79 Å². The second-order valence-corrected chi connectivity index (χ2v) is 5.56. The van der Waals surface area contributed by atoms with Gasteiger partial charge >= 0.3 is 5.97 Å². The van der Waals surface area contributed by atoms with Gasteiger partial charge in [-0.15, -0.1) is 0 Å². The molecule has 0 spiro atoms. The third-order valence-corrected chi connectivity index (χ3v) is 3.34. The van der Waals surface area contributed by atoms with Crippen molar-refractivity contribution in [3.63, 3.8) is 0 Å². The normalized spacial score (nSPS) is 11.3. The van der Waals surface area contributed by atoms with Crippen LogP contribution < -0.4 is 15.8 Å². The summed E-state index contributed by atoms with van der Waals surface area (Å²) in [5.74, 6) is -0.682. The first-order valence-corrected chi connectivity index (χ1v) is 8.33. The van der Waals surface area contributed by atoms with Gasteiger partial charge < -0.3 is 20.5 Å². The largest absolute Gasteiger partial charge is 0.484 e. The number of rotatable bonds is 10. The SMILES string of the molecule is CSCC[C@@H](NC(=O)COc1ccccc1)C(=O)OCC(N)=O. The average Bonchev–Trinajstić information content (AvgIpc) is 2.55.